The standard InChI is InChI=1S/C11H16N4/c1-14-5-6-15-11(14)9(7-12)10(13-15)8-3-2-4-8/h5-6,8H,2-4,7,12H2,1H3. The molecule has 0 saturated heterocycles. The molecule has 1 fully saturated rings. The fraction of sp³-hybridized carbons (Fsp3) is 0.545. The zero-order chi connectivity index (χ0) is 10.4. The Bertz CT molecular complexity index is 490. The van der Waals surface area contributed by atoms with Gasteiger partial charge in [0.2, 0.25) is 0 Å². The maximum absolute atomic E-state index is 5.84. The van der Waals surface area contributed by atoms with Gasteiger partial charge in [0.25, 0.3) is 0 Å². The Labute approximate surface area is 88.7 Å². The van der Waals surface area contributed by atoms with E-state index in [9.17, 15) is 0 Å². The van der Waals surface area contributed by atoms with Gasteiger partial charge in [-0.3, -0.25) is 0 Å². The Morgan fingerprint density at radius 1 is 1.47 bits per heavy atom. The predicted molar refractivity (Wildman–Crippen MR) is 58.6 cm³/mol. The van der Waals surface area contributed by atoms with Gasteiger partial charge < -0.3 is 10.3 Å². The van der Waals surface area contributed by atoms with Crippen LogP contribution >= 0.6 is 0 Å². The van der Waals surface area contributed by atoms with Gasteiger partial charge in [-0.2, -0.15) is 5.10 Å². The molecule has 3 rings (SSSR count). The molecular weight excluding hydrogens is 188 g/mol. The summed E-state index contributed by atoms with van der Waals surface area (Å²) in [5.74, 6) is 0.656. The molecule has 2 heterocycles. The Hall–Kier alpha value is -1.29. The first-order chi connectivity index (χ1) is 7.31. The number of aryl methyl sites for hydroxylation is 1. The van der Waals surface area contributed by atoms with E-state index >= 15 is 0 Å². The van der Waals surface area contributed by atoms with Crippen LogP contribution in [0.15, 0.2) is 12.4 Å². The second kappa shape index (κ2) is 3.10. The van der Waals surface area contributed by atoms with Crippen LogP contribution in [0.4, 0.5) is 0 Å². The van der Waals surface area contributed by atoms with E-state index in [0.717, 1.165) is 5.65 Å². The highest BCUT2D eigenvalue weighted by molar-refractivity contribution is 5.52. The molecule has 2 aromatic heterocycles. The van der Waals surface area contributed by atoms with Crippen LogP contribution < -0.4 is 5.73 Å². The topological polar surface area (TPSA) is 48.2 Å². The van der Waals surface area contributed by atoms with Crippen molar-refractivity contribution in [3.63, 3.8) is 0 Å². The van der Waals surface area contributed by atoms with E-state index in [2.05, 4.69) is 9.67 Å². The number of rotatable bonds is 2. The molecule has 0 radical (unpaired) electrons. The van der Waals surface area contributed by atoms with Crippen LogP contribution in [0.5, 0.6) is 0 Å². The number of fused-ring (bicyclic) bond motifs is 1. The van der Waals surface area contributed by atoms with Crippen LogP contribution in [0.2, 0.25) is 0 Å². The molecule has 80 valence electrons. The second-order valence-corrected chi connectivity index (χ2v) is 4.37. The van der Waals surface area contributed by atoms with Crippen LogP contribution in [0.3, 0.4) is 0 Å². The van der Waals surface area contributed by atoms with Gasteiger partial charge in [0, 0.05) is 37.5 Å². The summed E-state index contributed by atoms with van der Waals surface area (Å²) in [6.45, 7) is 0.590. The summed E-state index contributed by atoms with van der Waals surface area (Å²) in [6, 6.07) is 0. The van der Waals surface area contributed by atoms with Gasteiger partial charge in [0.15, 0.2) is 0 Å². The highest BCUT2D eigenvalue weighted by Gasteiger charge is 2.26. The average Bonchev–Trinajstić information content (AvgIpc) is 2.64. The molecule has 0 aromatic carbocycles. The highest BCUT2D eigenvalue weighted by atomic mass is 15.3. The van der Waals surface area contributed by atoms with Crippen molar-refractivity contribution in [2.75, 3.05) is 0 Å². The third kappa shape index (κ3) is 1.14. The van der Waals surface area contributed by atoms with Crippen molar-refractivity contribution in [3.8, 4) is 0 Å². The monoisotopic (exact) mass is 204 g/mol. The number of imidazole rings is 1. The lowest BCUT2D eigenvalue weighted by atomic mass is 9.81. The molecular formula is C11H16N4. The van der Waals surface area contributed by atoms with Crippen molar-refractivity contribution in [2.45, 2.75) is 31.7 Å². The van der Waals surface area contributed by atoms with E-state index < -0.39 is 0 Å². The third-order valence-electron chi connectivity index (χ3n) is 3.47. The smallest absolute Gasteiger partial charge is 0.140 e. The van der Waals surface area contributed by atoms with E-state index in [-0.39, 0.29) is 0 Å². The summed E-state index contributed by atoms with van der Waals surface area (Å²) >= 11 is 0. The fourth-order valence-corrected chi connectivity index (χ4v) is 2.39. The number of nitrogens with two attached hydrogens (primary N) is 1. The molecule has 2 aromatic rings. The van der Waals surface area contributed by atoms with Gasteiger partial charge in [-0.05, 0) is 12.8 Å². The van der Waals surface area contributed by atoms with Gasteiger partial charge in [-0.25, -0.2) is 4.52 Å². The Balaban J connectivity index is 2.20. The van der Waals surface area contributed by atoms with E-state index in [1.54, 1.807) is 0 Å². The molecule has 0 amide bonds. The summed E-state index contributed by atoms with van der Waals surface area (Å²) in [5.41, 5.74) is 9.45. The number of hydrogen-bond acceptors (Lipinski definition) is 2. The van der Waals surface area contributed by atoms with Crippen LogP contribution in [0, 0.1) is 0 Å². The van der Waals surface area contributed by atoms with Crippen molar-refractivity contribution in [2.24, 2.45) is 12.8 Å². The van der Waals surface area contributed by atoms with Gasteiger partial charge in [0.1, 0.15) is 5.65 Å². The van der Waals surface area contributed by atoms with Crippen molar-refractivity contribution in [1.82, 2.24) is 14.2 Å². The molecule has 1 aliphatic rings. The van der Waals surface area contributed by atoms with Crippen LogP contribution in [-0.4, -0.2) is 14.2 Å². The zero-order valence-corrected chi connectivity index (χ0v) is 8.98. The molecule has 0 bridgehead atoms. The van der Waals surface area contributed by atoms with Crippen LogP contribution in [-0.2, 0) is 13.6 Å². The first-order valence-corrected chi connectivity index (χ1v) is 5.53. The predicted octanol–water partition coefficient (Wildman–Crippen LogP) is 1.40. The zero-order valence-electron chi connectivity index (χ0n) is 8.98. The van der Waals surface area contributed by atoms with Crippen molar-refractivity contribution >= 4 is 5.65 Å². The largest absolute Gasteiger partial charge is 0.334 e. The third-order valence-corrected chi connectivity index (χ3v) is 3.47. The summed E-state index contributed by atoms with van der Waals surface area (Å²) < 4.78 is 4.05. The quantitative estimate of drug-likeness (QED) is 0.803. The minimum Gasteiger partial charge on any atom is -0.334 e. The van der Waals surface area contributed by atoms with Gasteiger partial charge in [-0.1, -0.05) is 6.42 Å². The first kappa shape index (κ1) is 8.97. The minimum atomic E-state index is 0.590. The minimum absolute atomic E-state index is 0.590. The molecule has 1 aliphatic carbocycles. The SMILES string of the molecule is Cn1ccn2nc(C3CCC3)c(CN)c12. The molecule has 2 N–H and O–H groups in total. The second-order valence-electron chi connectivity index (χ2n) is 4.37. The molecule has 0 spiro atoms. The molecule has 0 atom stereocenters. The Morgan fingerprint density at radius 2 is 2.27 bits per heavy atom. The van der Waals surface area contributed by atoms with Crippen LogP contribution in [0.25, 0.3) is 5.65 Å². The van der Waals surface area contributed by atoms with Gasteiger partial charge in [-0.15, -0.1) is 0 Å². The van der Waals surface area contributed by atoms with Gasteiger partial charge in [0.05, 0.1) is 5.69 Å². The first-order valence-electron chi connectivity index (χ1n) is 5.53. The molecule has 4 heteroatoms. The maximum atomic E-state index is 5.84. The molecule has 0 unspecified atom stereocenters. The fourth-order valence-electron chi connectivity index (χ4n) is 2.39. The molecule has 0 aliphatic heterocycles. The van der Waals surface area contributed by atoms with Crippen LogP contribution in [0.1, 0.15) is 36.4 Å². The highest BCUT2D eigenvalue weighted by Crippen LogP contribution is 2.38. The summed E-state index contributed by atoms with van der Waals surface area (Å²) in [4.78, 5) is 0. The number of nitrogens with zero attached hydrogens (tertiary/aromatic N) is 3. The lowest BCUT2D eigenvalue weighted by Crippen LogP contribution is -2.13. The van der Waals surface area contributed by atoms with Gasteiger partial charge >= 0.3 is 0 Å². The lowest BCUT2D eigenvalue weighted by Gasteiger charge is -2.24. The maximum Gasteiger partial charge on any atom is 0.140 e. The van der Waals surface area contributed by atoms with E-state index in [1.807, 2.05) is 24.0 Å². The van der Waals surface area contributed by atoms with E-state index in [1.165, 1.54) is 30.5 Å². The Kier molecular flexibility index (Phi) is 1.85. The number of hydrogen-bond donors (Lipinski definition) is 1. The molecule has 1 saturated carbocycles. The summed E-state index contributed by atoms with van der Waals surface area (Å²) in [5, 5.41) is 4.64. The van der Waals surface area contributed by atoms with Crippen molar-refractivity contribution in [1.29, 1.82) is 0 Å². The lowest BCUT2D eigenvalue weighted by molar-refractivity contribution is 0.407. The number of aromatic nitrogens is 3. The molecule has 15 heavy (non-hydrogen) atoms. The average molecular weight is 204 g/mol. The molecule has 4 nitrogen and oxygen atoms in total. The van der Waals surface area contributed by atoms with Crippen molar-refractivity contribution < 1.29 is 0 Å². The van der Waals surface area contributed by atoms with Crippen molar-refractivity contribution in [3.05, 3.63) is 23.7 Å². The summed E-state index contributed by atoms with van der Waals surface area (Å²) in [7, 11) is 2.04. The Morgan fingerprint density at radius 3 is 2.87 bits per heavy atom. The summed E-state index contributed by atoms with van der Waals surface area (Å²) in [6.07, 6.45) is 7.90. The normalized spacial score (nSPS) is 17.2. The van der Waals surface area contributed by atoms with E-state index in [4.69, 9.17) is 5.73 Å². The van der Waals surface area contributed by atoms with E-state index in [0.29, 0.717) is 12.5 Å².